The Hall–Kier alpha value is -4.60. The van der Waals surface area contributed by atoms with Crippen molar-refractivity contribution in [3.8, 4) is 93.7 Å². The van der Waals surface area contributed by atoms with E-state index in [9.17, 15) is 10.2 Å². The number of aryl methyl sites for hydroxylation is 2. The molecule has 2 aliphatic rings. The number of hydrogen-bond donors (Lipinski definition) is 2. The van der Waals surface area contributed by atoms with E-state index >= 15 is 0 Å². The van der Waals surface area contributed by atoms with Gasteiger partial charge in [-0.1, -0.05) is 11.8 Å². The van der Waals surface area contributed by atoms with Crippen LogP contribution in [0, 0.1) is 71.0 Å². The van der Waals surface area contributed by atoms with Crippen LogP contribution in [0.5, 0.6) is 11.5 Å². The smallest absolute Gasteiger partial charge is 0.139 e. The van der Waals surface area contributed by atoms with Crippen LogP contribution in [0.25, 0.3) is 11.1 Å². The van der Waals surface area contributed by atoms with Gasteiger partial charge in [-0.25, -0.2) is 0 Å². The lowest BCUT2D eigenvalue weighted by atomic mass is 9.78. The fourth-order valence-corrected chi connectivity index (χ4v) is 4.96. The first kappa shape index (κ1) is 24.5. The molecule has 0 aliphatic heterocycles. The quantitative estimate of drug-likeness (QED) is 0.562. The monoisotopic (exact) mass is 466 g/mol. The zero-order valence-corrected chi connectivity index (χ0v) is 20.7. The predicted molar refractivity (Wildman–Crippen MR) is 145 cm³/mol. The van der Waals surface area contributed by atoms with E-state index in [1.807, 2.05) is 12.1 Å². The predicted octanol–water partition coefficient (Wildman–Crippen LogP) is 5.28. The Kier molecular flexibility index (Phi) is 7.97. The molecule has 0 bridgehead atoms. The first-order valence-electron chi connectivity index (χ1n) is 12.3. The minimum absolute atomic E-state index is 0.0951. The van der Waals surface area contributed by atoms with Crippen molar-refractivity contribution in [2.75, 3.05) is 0 Å². The van der Waals surface area contributed by atoms with E-state index in [2.05, 4.69) is 71.0 Å². The molecule has 0 unspecified atom stereocenters. The van der Waals surface area contributed by atoms with Gasteiger partial charge in [-0.15, -0.1) is 0 Å². The highest BCUT2D eigenvalue weighted by Crippen LogP contribution is 2.48. The van der Waals surface area contributed by atoms with Gasteiger partial charge in [-0.3, -0.25) is 0 Å². The van der Waals surface area contributed by atoms with E-state index in [0.29, 0.717) is 22.3 Å². The van der Waals surface area contributed by atoms with Crippen LogP contribution in [0.3, 0.4) is 0 Å². The third-order valence-corrected chi connectivity index (χ3v) is 6.51. The van der Waals surface area contributed by atoms with Crippen LogP contribution < -0.4 is 0 Å². The number of phenolic OH excluding ortho intramolecular Hbond substituents is 2. The SMILES string of the molecule is CC#CC#CC#Cc1cc2c(c(-c3c(O)c(C#CC#CC#CC)cc4c3CCCC4)c1O)CCCC2. The third-order valence-electron chi connectivity index (χ3n) is 6.51. The Bertz CT molecular complexity index is 1480. The Morgan fingerprint density at radius 2 is 0.917 bits per heavy atom. The lowest BCUT2D eigenvalue weighted by molar-refractivity contribution is 0.464. The molecule has 0 saturated heterocycles. The van der Waals surface area contributed by atoms with Gasteiger partial charge in [0.05, 0.1) is 11.1 Å². The second-order valence-corrected chi connectivity index (χ2v) is 8.74. The van der Waals surface area contributed by atoms with Crippen molar-refractivity contribution in [1.82, 2.24) is 0 Å². The van der Waals surface area contributed by atoms with E-state index in [0.717, 1.165) is 62.5 Å². The summed E-state index contributed by atoms with van der Waals surface area (Å²) < 4.78 is 0. The zero-order chi connectivity index (χ0) is 25.3. The molecule has 0 heterocycles. The summed E-state index contributed by atoms with van der Waals surface area (Å²) in [4.78, 5) is 0. The van der Waals surface area contributed by atoms with Crippen LogP contribution in [0.4, 0.5) is 0 Å². The zero-order valence-electron chi connectivity index (χ0n) is 20.7. The van der Waals surface area contributed by atoms with E-state index in [4.69, 9.17) is 0 Å². The van der Waals surface area contributed by atoms with E-state index in [1.165, 1.54) is 11.1 Å². The molecule has 2 N–H and O–H groups in total. The van der Waals surface area contributed by atoms with Crippen LogP contribution in [0.1, 0.15) is 72.9 Å². The molecular formula is C34H26O2. The summed E-state index contributed by atoms with van der Waals surface area (Å²) in [6.07, 6.45) is 7.80. The highest BCUT2D eigenvalue weighted by atomic mass is 16.3. The molecule has 174 valence electrons. The largest absolute Gasteiger partial charge is 0.506 e. The molecule has 2 nitrogen and oxygen atoms in total. The van der Waals surface area contributed by atoms with Gasteiger partial charge in [0.2, 0.25) is 0 Å². The average molecular weight is 467 g/mol. The van der Waals surface area contributed by atoms with Gasteiger partial charge in [0.1, 0.15) is 11.5 Å². The highest BCUT2D eigenvalue weighted by molar-refractivity contribution is 5.87. The average Bonchev–Trinajstić information content (AvgIpc) is 2.90. The van der Waals surface area contributed by atoms with Crippen molar-refractivity contribution in [1.29, 1.82) is 0 Å². The van der Waals surface area contributed by atoms with Gasteiger partial charge in [-0.2, -0.15) is 0 Å². The lowest BCUT2D eigenvalue weighted by Gasteiger charge is -2.27. The van der Waals surface area contributed by atoms with Crippen LogP contribution in [-0.4, -0.2) is 10.2 Å². The van der Waals surface area contributed by atoms with Crippen molar-refractivity contribution in [3.05, 3.63) is 45.5 Å². The summed E-state index contributed by atoms with van der Waals surface area (Å²) in [5.74, 6) is 33.4. The molecule has 2 aromatic rings. The summed E-state index contributed by atoms with van der Waals surface area (Å²) in [6, 6.07) is 3.95. The number of rotatable bonds is 1. The Labute approximate surface area is 214 Å². The van der Waals surface area contributed by atoms with Crippen molar-refractivity contribution in [2.24, 2.45) is 0 Å². The molecule has 0 atom stereocenters. The molecule has 0 radical (unpaired) electrons. The maximum atomic E-state index is 11.5. The van der Waals surface area contributed by atoms with Crippen LogP contribution in [0.15, 0.2) is 12.1 Å². The minimum Gasteiger partial charge on any atom is -0.506 e. The number of fused-ring (bicyclic) bond motifs is 2. The summed E-state index contributed by atoms with van der Waals surface area (Å²) in [5.41, 5.74) is 6.97. The summed E-state index contributed by atoms with van der Waals surface area (Å²) >= 11 is 0. The normalized spacial score (nSPS) is 12.4. The fraction of sp³-hybridized carbons (Fsp3) is 0.294. The number of hydrogen-bond acceptors (Lipinski definition) is 2. The molecule has 0 fully saturated rings. The first-order chi connectivity index (χ1) is 17.7. The van der Waals surface area contributed by atoms with E-state index in [1.54, 1.807) is 13.8 Å². The van der Waals surface area contributed by atoms with Gasteiger partial charge in [0, 0.05) is 11.1 Å². The summed E-state index contributed by atoms with van der Waals surface area (Å²) in [5, 5.41) is 23.1. The fourth-order valence-electron chi connectivity index (χ4n) is 4.96. The number of benzene rings is 2. The maximum absolute atomic E-state index is 11.5. The Morgan fingerprint density at radius 1 is 0.528 bits per heavy atom. The topological polar surface area (TPSA) is 40.5 Å². The van der Waals surface area contributed by atoms with Crippen LogP contribution in [-0.2, 0) is 25.7 Å². The maximum Gasteiger partial charge on any atom is 0.139 e. The standard InChI is InChI=1S/C34H26O2/c1-3-5-7-9-11-19-27-23-25-17-13-15-21-29(25)31(33(27)35)32-30-22-16-14-18-26(30)24-28(34(32)36)20-12-10-8-6-4-2/h23-24,35-36H,13-18,21-22H2,1-2H3. The van der Waals surface area contributed by atoms with Crippen molar-refractivity contribution < 1.29 is 10.2 Å². The highest BCUT2D eigenvalue weighted by Gasteiger charge is 2.28. The van der Waals surface area contributed by atoms with Gasteiger partial charge in [0.15, 0.2) is 0 Å². The second kappa shape index (κ2) is 11.7. The molecule has 0 saturated carbocycles. The molecule has 0 spiro atoms. The van der Waals surface area contributed by atoms with Gasteiger partial charge in [-0.05, 0) is 159 Å². The summed E-state index contributed by atoms with van der Waals surface area (Å²) in [7, 11) is 0. The van der Waals surface area contributed by atoms with Crippen molar-refractivity contribution in [2.45, 2.75) is 65.2 Å². The molecule has 2 aromatic carbocycles. The van der Waals surface area contributed by atoms with Crippen LogP contribution >= 0.6 is 0 Å². The third kappa shape index (κ3) is 5.22. The van der Waals surface area contributed by atoms with Crippen molar-refractivity contribution >= 4 is 0 Å². The molecule has 0 aromatic heterocycles. The van der Waals surface area contributed by atoms with Crippen molar-refractivity contribution in [3.63, 3.8) is 0 Å². The lowest BCUT2D eigenvalue weighted by Crippen LogP contribution is -2.10. The number of phenols is 2. The Morgan fingerprint density at radius 3 is 1.33 bits per heavy atom. The van der Waals surface area contributed by atoms with Crippen LogP contribution in [0.2, 0.25) is 0 Å². The first-order valence-corrected chi connectivity index (χ1v) is 12.3. The molecule has 4 rings (SSSR count). The van der Waals surface area contributed by atoms with Gasteiger partial charge >= 0.3 is 0 Å². The molecule has 2 heteroatoms. The molecule has 2 aliphatic carbocycles. The van der Waals surface area contributed by atoms with Gasteiger partial charge in [0.25, 0.3) is 0 Å². The minimum atomic E-state index is 0.0951. The molecule has 0 amide bonds. The van der Waals surface area contributed by atoms with E-state index in [-0.39, 0.29) is 11.5 Å². The Balaban J connectivity index is 1.98. The summed E-state index contributed by atoms with van der Waals surface area (Å²) in [6.45, 7) is 3.45. The van der Waals surface area contributed by atoms with Gasteiger partial charge < -0.3 is 10.2 Å². The van der Waals surface area contributed by atoms with E-state index < -0.39 is 0 Å². The second-order valence-electron chi connectivity index (χ2n) is 8.74. The number of aromatic hydroxyl groups is 2. The molecular weight excluding hydrogens is 440 g/mol. The molecule has 36 heavy (non-hydrogen) atoms.